The fourth-order valence-corrected chi connectivity index (χ4v) is 0.968. The first-order chi connectivity index (χ1) is 6.34. The second-order valence-corrected chi connectivity index (χ2v) is 2.72. The maximum atomic E-state index is 9.24. The average Bonchev–Trinajstić information content (AvgIpc) is 2.15. The fourth-order valence-electron chi connectivity index (χ4n) is 0.968. The van der Waals surface area contributed by atoms with Gasteiger partial charge in [-0.3, -0.25) is 4.99 Å². The third-order valence-corrected chi connectivity index (χ3v) is 1.66. The zero-order chi connectivity index (χ0) is 9.52. The van der Waals surface area contributed by atoms with Gasteiger partial charge in [0, 0.05) is 19.3 Å². The molecule has 0 unspecified atom stereocenters. The van der Waals surface area contributed by atoms with Crippen LogP contribution in [0.3, 0.4) is 0 Å². The van der Waals surface area contributed by atoms with Crippen molar-refractivity contribution in [1.82, 2.24) is 4.73 Å². The second-order valence-electron chi connectivity index (χ2n) is 2.72. The molecular formula is C9H14N2O2. The predicted octanol–water partition coefficient (Wildman–Crippen LogP) is 0.399. The van der Waals surface area contributed by atoms with Crippen LogP contribution in [0.2, 0.25) is 0 Å². The van der Waals surface area contributed by atoms with Gasteiger partial charge in [-0.15, -0.1) is 0 Å². The molecule has 4 nitrogen and oxygen atoms in total. The van der Waals surface area contributed by atoms with Crippen molar-refractivity contribution < 1.29 is 10.3 Å². The zero-order valence-corrected chi connectivity index (χ0v) is 7.43. The molecule has 4 heteroatoms. The molecule has 0 amide bonds. The summed E-state index contributed by atoms with van der Waals surface area (Å²) >= 11 is 0. The van der Waals surface area contributed by atoms with E-state index in [1.165, 1.54) is 6.20 Å². The minimum atomic E-state index is 0.198. The number of pyridine rings is 1. The Bertz CT molecular complexity index is 306. The van der Waals surface area contributed by atoms with E-state index in [0.717, 1.165) is 17.6 Å². The van der Waals surface area contributed by atoms with Gasteiger partial charge in [-0.1, -0.05) is 6.07 Å². The third-order valence-electron chi connectivity index (χ3n) is 1.66. The molecule has 13 heavy (non-hydrogen) atoms. The van der Waals surface area contributed by atoms with Crippen LogP contribution < -0.4 is 5.49 Å². The van der Waals surface area contributed by atoms with Gasteiger partial charge in [-0.05, 0) is 25.0 Å². The van der Waals surface area contributed by atoms with E-state index in [2.05, 4.69) is 4.99 Å². The van der Waals surface area contributed by atoms with Crippen LogP contribution in [0.15, 0.2) is 29.4 Å². The lowest BCUT2D eigenvalue weighted by molar-refractivity contribution is 0.171. The van der Waals surface area contributed by atoms with E-state index in [0.29, 0.717) is 12.0 Å². The molecule has 0 spiro atoms. The smallest absolute Gasteiger partial charge is 0.163 e. The molecule has 2 N–H and O–H groups in total. The predicted molar refractivity (Wildman–Crippen MR) is 48.4 cm³/mol. The molecule has 1 heterocycles. The van der Waals surface area contributed by atoms with Crippen LogP contribution in [-0.2, 0) is 0 Å². The van der Waals surface area contributed by atoms with Gasteiger partial charge in [0.15, 0.2) is 5.49 Å². The number of unbranched alkanes of at least 4 members (excludes halogenated alkanes) is 1. The van der Waals surface area contributed by atoms with Gasteiger partial charge >= 0.3 is 0 Å². The normalized spacial score (nSPS) is 11.9. The number of nitrogens with zero attached hydrogens (tertiary/aromatic N) is 2. The third kappa shape index (κ3) is 3.29. The van der Waals surface area contributed by atoms with Crippen molar-refractivity contribution >= 4 is 0 Å². The molecule has 0 radical (unpaired) electrons. The second kappa shape index (κ2) is 5.37. The summed E-state index contributed by atoms with van der Waals surface area (Å²) in [5, 5.41) is 17.8. The van der Waals surface area contributed by atoms with Crippen molar-refractivity contribution in [1.29, 1.82) is 0 Å². The van der Waals surface area contributed by atoms with Crippen molar-refractivity contribution in [2.75, 3.05) is 13.2 Å². The van der Waals surface area contributed by atoms with Crippen LogP contribution in [-0.4, -0.2) is 28.2 Å². The van der Waals surface area contributed by atoms with Crippen LogP contribution in [0.5, 0.6) is 0 Å². The molecule has 0 aliphatic rings. The number of aliphatic hydroxyl groups excluding tert-OH is 1. The molecule has 0 aromatic carbocycles. The summed E-state index contributed by atoms with van der Waals surface area (Å²) < 4.78 is 0.985. The maximum Gasteiger partial charge on any atom is 0.163 e. The van der Waals surface area contributed by atoms with E-state index in [1.807, 2.05) is 6.07 Å². The highest BCUT2D eigenvalue weighted by Crippen LogP contribution is 1.86. The Labute approximate surface area is 76.8 Å². The highest BCUT2D eigenvalue weighted by atomic mass is 16.5. The van der Waals surface area contributed by atoms with Gasteiger partial charge in [-0.2, -0.15) is 4.73 Å². The van der Waals surface area contributed by atoms with Gasteiger partial charge in [0.25, 0.3) is 0 Å². The van der Waals surface area contributed by atoms with Crippen LogP contribution in [0.4, 0.5) is 0 Å². The molecule has 1 aromatic heterocycles. The molecule has 1 aromatic rings. The van der Waals surface area contributed by atoms with Gasteiger partial charge in [0.2, 0.25) is 0 Å². The summed E-state index contributed by atoms with van der Waals surface area (Å²) in [6, 6.07) is 5.28. The van der Waals surface area contributed by atoms with Crippen molar-refractivity contribution in [3.63, 3.8) is 0 Å². The SMILES string of the molecule is OCCCCN=c1ccccn1O. The maximum absolute atomic E-state index is 9.24. The molecule has 0 aliphatic heterocycles. The average molecular weight is 182 g/mol. The minimum absolute atomic E-state index is 0.198. The van der Waals surface area contributed by atoms with Crippen LogP contribution >= 0.6 is 0 Å². The summed E-state index contributed by atoms with van der Waals surface area (Å²) in [5.41, 5.74) is 0.542. The standard InChI is InChI=1S/C9H14N2O2/c12-8-4-2-6-10-9-5-1-3-7-11(9)13/h1,3,5,7,12-13H,2,4,6,8H2. The number of aromatic nitrogens is 1. The monoisotopic (exact) mass is 182 g/mol. The Morgan fingerprint density at radius 3 is 2.85 bits per heavy atom. The molecule has 0 bridgehead atoms. The number of rotatable bonds is 4. The zero-order valence-electron chi connectivity index (χ0n) is 7.43. The van der Waals surface area contributed by atoms with E-state index >= 15 is 0 Å². The van der Waals surface area contributed by atoms with E-state index in [-0.39, 0.29) is 6.61 Å². The summed E-state index contributed by atoms with van der Waals surface area (Å²) in [5.74, 6) is 0. The highest BCUT2D eigenvalue weighted by Gasteiger charge is 1.87. The molecule has 0 fully saturated rings. The quantitative estimate of drug-likeness (QED) is 0.523. The van der Waals surface area contributed by atoms with E-state index in [1.54, 1.807) is 12.1 Å². The van der Waals surface area contributed by atoms with Crippen LogP contribution in [0, 0.1) is 0 Å². The van der Waals surface area contributed by atoms with Crippen molar-refractivity contribution in [3.05, 3.63) is 29.9 Å². The Morgan fingerprint density at radius 2 is 2.15 bits per heavy atom. The van der Waals surface area contributed by atoms with Gasteiger partial charge < -0.3 is 10.3 Å². The van der Waals surface area contributed by atoms with E-state index < -0.39 is 0 Å². The molecule has 0 saturated carbocycles. The van der Waals surface area contributed by atoms with Crippen LogP contribution in [0.1, 0.15) is 12.8 Å². The summed E-state index contributed by atoms with van der Waals surface area (Å²) in [7, 11) is 0. The van der Waals surface area contributed by atoms with Gasteiger partial charge in [0.05, 0.1) is 0 Å². The first-order valence-corrected chi connectivity index (χ1v) is 4.33. The van der Waals surface area contributed by atoms with Gasteiger partial charge in [0.1, 0.15) is 0 Å². The molecule has 0 saturated heterocycles. The summed E-state index contributed by atoms with van der Waals surface area (Å²) in [4.78, 5) is 4.15. The van der Waals surface area contributed by atoms with E-state index in [9.17, 15) is 5.21 Å². The Kier molecular flexibility index (Phi) is 4.05. The number of hydrogen-bond donors (Lipinski definition) is 2. The summed E-state index contributed by atoms with van der Waals surface area (Å²) in [6.07, 6.45) is 3.12. The minimum Gasteiger partial charge on any atom is -0.427 e. The van der Waals surface area contributed by atoms with Crippen molar-refractivity contribution in [2.24, 2.45) is 4.99 Å². The Balaban J connectivity index is 2.55. The molecule has 1 rings (SSSR count). The van der Waals surface area contributed by atoms with Gasteiger partial charge in [-0.25, -0.2) is 0 Å². The summed E-state index contributed by atoms with van der Waals surface area (Å²) in [6.45, 7) is 0.828. The lowest BCUT2D eigenvalue weighted by Crippen LogP contribution is -2.17. The van der Waals surface area contributed by atoms with Crippen molar-refractivity contribution in [3.8, 4) is 0 Å². The topological polar surface area (TPSA) is 57.8 Å². The van der Waals surface area contributed by atoms with Crippen LogP contribution in [0.25, 0.3) is 0 Å². The number of aliphatic hydroxyl groups is 1. The fraction of sp³-hybridized carbons (Fsp3) is 0.444. The lowest BCUT2D eigenvalue weighted by atomic mass is 10.3. The number of hydrogen-bond acceptors (Lipinski definition) is 3. The molecule has 72 valence electrons. The first kappa shape index (κ1) is 9.80. The first-order valence-electron chi connectivity index (χ1n) is 4.33. The van der Waals surface area contributed by atoms with E-state index in [4.69, 9.17) is 5.11 Å². The molecule has 0 atom stereocenters. The highest BCUT2D eigenvalue weighted by molar-refractivity contribution is 4.90. The Morgan fingerprint density at radius 1 is 1.31 bits per heavy atom. The lowest BCUT2D eigenvalue weighted by Gasteiger charge is -1.96. The Hall–Kier alpha value is -1.29. The van der Waals surface area contributed by atoms with Crippen molar-refractivity contribution in [2.45, 2.75) is 12.8 Å². The molecule has 0 aliphatic carbocycles. The largest absolute Gasteiger partial charge is 0.427 e. The molecular weight excluding hydrogens is 168 g/mol.